The Morgan fingerprint density at radius 1 is 1.30 bits per heavy atom. The van der Waals surface area contributed by atoms with Gasteiger partial charge in [0.2, 0.25) is 5.13 Å². The maximum Gasteiger partial charge on any atom is 0.208 e. The molecular formula is C14H20N4S2. The first-order chi connectivity index (χ1) is 9.61. The van der Waals surface area contributed by atoms with Gasteiger partial charge in [-0.05, 0) is 25.1 Å². The van der Waals surface area contributed by atoms with Crippen molar-refractivity contribution in [3.05, 3.63) is 35.4 Å². The second-order valence-electron chi connectivity index (χ2n) is 4.75. The maximum absolute atomic E-state index is 4.22. The third kappa shape index (κ3) is 3.71. The molecule has 1 unspecified atom stereocenters. The molecule has 0 saturated heterocycles. The lowest BCUT2D eigenvalue weighted by Gasteiger charge is -2.17. The second-order valence-corrected chi connectivity index (χ2v) is 6.98. The minimum Gasteiger partial charge on any atom is -0.353 e. The number of rotatable bonds is 6. The molecule has 0 aliphatic carbocycles. The van der Waals surface area contributed by atoms with Crippen molar-refractivity contribution in [1.82, 2.24) is 15.5 Å². The van der Waals surface area contributed by atoms with Crippen LogP contribution in [-0.4, -0.2) is 37.1 Å². The van der Waals surface area contributed by atoms with Gasteiger partial charge in [0.25, 0.3) is 0 Å². The van der Waals surface area contributed by atoms with E-state index in [-0.39, 0.29) is 0 Å². The Bertz CT molecular complexity index is 554. The van der Waals surface area contributed by atoms with E-state index < -0.39 is 0 Å². The molecule has 4 nitrogen and oxygen atoms in total. The maximum atomic E-state index is 4.22. The summed E-state index contributed by atoms with van der Waals surface area (Å²) in [4.78, 5) is 1.98. The highest BCUT2D eigenvalue weighted by Gasteiger charge is 2.14. The van der Waals surface area contributed by atoms with Gasteiger partial charge in [-0.2, -0.15) is 0 Å². The van der Waals surface area contributed by atoms with Crippen LogP contribution in [0.15, 0.2) is 28.6 Å². The average Bonchev–Trinajstić information content (AvgIpc) is 2.90. The standard InChI is InChI=1S/C14H20N4S2/c1-10-7-5-6-8-11(10)12(15-2)9-19-14-17-16-13(20-14)18(3)4/h5-8,12,15H,9H2,1-4H3. The molecule has 0 spiro atoms. The van der Waals surface area contributed by atoms with Gasteiger partial charge in [-0.25, -0.2) is 0 Å². The first kappa shape index (κ1) is 15.3. The largest absolute Gasteiger partial charge is 0.353 e. The van der Waals surface area contributed by atoms with Crippen molar-refractivity contribution >= 4 is 28.2 Å². The van der Waals surface area contributed by atoms with E-state index in [4.69, 9.17) is 0 Å². The van der Waals surface area contributed by atoms with Crippen LogP contribution in [0.3, 0.4) is 0 Å². The van der Waals surface area contributed by atoms with Crippen LogP contribution in [-0.2, 0) is 0 Å². The Hall–Kier alpha value is -1.11. The van der Waals surface area contributed by atoms with Gasteiger partial charge >= 0.3 is 0 Å². The van der Waals surface area contributed by atoms with E-state index >= 15 is 0 Å². The van der Waals surface area contributed by atoms with E-state index in [1.807, 2.05) is 26.0 Å². The summed E-state index contributed by atoms with van der Waals surface area (Å²) in [7, 11) is 5.97. The Kier molecular flexibility index (Phi) is 5.39. The van der Waals surface area contributed by atoms with Crippen molar-refractivity contribution < 1.29 is 0 Å². The SMILES string of the molecule is CNC(CSc1nnc(N(C)C)s1)c1ccccc1C. The third-order valence-corrected chi connectivity index (χ3v) is 5.38. The fourth-order valence-corrected chi connectivity index (χ4v) is 3.82. The molecular weight excluding hydrogens is 288 g/mol. The van der Waals surface area contributed by atoms with Gasteiger partial charge in [0.1, 0.15) is 0 Å². The van der Waals surface area contributed by atoms with Crippen LogP contribution in [0.2, 0.25) is 0 Å². The van der Waals surface area contributed by atoms with Crippen molar-refractivity contribution in [2.45, 2.75) is 17.3 Å². The van der Waals surface area contributed by atoms with Crippen molar-refractivity contribution in [2.75, 3.05) is 31.8 Å². The predicted molar refractivity (Wildman–Crippen MR) is 87.9 cm³/mol. The Balaban J connectivity index is 2.02. The zero-order chi connectivity index (χ0) is 14.5. The molecule has 0 fully saturated rings. The van der Waals surface area contributed by atoms with Gasteiger partial charge in [0.05, 0.1) is 0 Å². The predicted octanol–water partition coefficient (Wildman–Crippen LogP) is 2.97. The number of anilines is 1. The summed E-state index contributed by atoms with van der Waals surface area (Å²) in [6.45, 7) is 2.15. The number of aryl methyl sites for hydroxylation is 1. The molecule has 108 valence electrons. The van der Waals surface area contributed by atoms with Crippen molar-refractivity contribution in [3.63, 3.8) is 0 Å². The van der Waals surface area contributed by atoms with Gasteiger partial charge in [0, 0.05) is 25.9 Å². The summed E-state index contributed by atoms with van der Waals surface area (Å²) in [5.41, 5.74) is 2.67. The zero-order valence-electron chi connectivity index (χ0n) is 12.3. The van der Waals surface area contributed by atoms with E-state index in [0.29, 0.717) is 6.04 Å². The first-order valence-corrected chi connectivity index (χ1v) is 8.28. The quantitative estimate of drug-likeness (QED) is 0.831. The molecule has 0 aliphatic rings. The lowest BCUT2D eigenvalue weighted by molar-refractivity contribution is 0.657. The van der Waals surface area contributed by atoms with Crippen LogP contribution in [0.4, 0.5) is 5.13 Å². The van der Waals surface area contributed by atoms with Gasteiger partial charge in [-0.15, -0.1) is 10.2 Å². The van der Waals surface area contributed by atoms with Gasteiger partial charge in [0.15, 0.2) is 4.34 Å². The number of hydrogen-bond donors (Lipinski definition) is 1. The van der Waals surface area contributed by atoms with Crippen LogP contribution >= 0.6 is 23.1 Å². The van der Waals surface area contributed by atoms with Crippen LogP contribution in [0.1, 0.15) is 17.2 Å². The molecule has 2 rings (SSSR count). The van der Waals surface area contributed by atoms with Crippen LogP contribution in [0, 0.1) is 6.92 Å². The molecule has 6 heteroatoms. The molecule has 1 N–H and O–H groups in total. The summed E-state index contributed by atoms with van der Waals surface area (Å²) in [6, 6.07) is 8.83. The number of benzene rings is 1. The van der Waals surface area contributed by atoms with E-state index in [1.165, 1.54) is 11.1 Å². The number of hydrogen-bond acceptors (Lipinski definition) is 6. The zero-order valence-corrected chi connectivity index (χ0v) is 13.9. The van der Waals surface area contributed by atoms with Crippen LogP contribution in [0.25, 0.3) is 0 Å². The monoisotopic (exact) mass is 308 g/mol. The van der Waals surface area contributed by atoms with Gasteiger partial charge in [-0.3, -0.25) is 0 Å². The summed E-state index contributed by atoms with van der Waals surface area (Å²) in [5, 5.41) is 12.7. The van der Waals surface area contributed by atoms with Crippen molar-refractivity contribution in [2.24, 2.45) is 0 Å². The number of nitrogens with one attached hydrogen (secondary N) is 1. The molecule has 1 heterocycles. The fourth-order valence-electron chi connectivity index (χ4n) is 1.90. The minimum atomic E-state index is 0.327. The van der Waals surface area contributed by atoms with Gasteiger partial charge < -0.3 is 10.2 Å². The highest BCUT2D eigenvalue weighted by molar-refractivity contribution is 8.01. The smallest absolute Gasteiger partial charge is 0.208 e. The molecule has 1 aromatic heterocycles. The average molecular weight is 308 g/mol. The molecule has 0 amide bonds. The molecule has 1 atom stereocenters. The Morgan fingerprint density at radius 2 is 2.05 bits per heavy atom. The molecule has 20 heavy (non-hydrogen) atoms. The minimum absolute atomic E-state index is 0.327. The van der Waals surface area contributed by atoms with Crippen molar-refractivity contribution in [1.29, 1.82) is 0 Å². The lowest BCUT2D eigenvalue weighted by atomic mass is 10.0. The molecule has 2 aromatic rings. The second kappa shape index (κ2) is 7.06. The number of aromatic nitrogens is 2. The summed E-state index contributed by atoms with van der Waals surface area (Å²) >= 11 is 3.38. The van der Waals surface area contributed by atoms with E-state index in [1.54, 1.807) is 23.1 Å². The summed E-state index contributed by atoms with van der Waals surface area (Å²) < 4.78 is 1.02. The van der Waals surface area contributed by atoms with Crippen LogP contribution < -0.4 is 10.2 Å². The van der Waals surface area contributed by atoms with E-state index in [0.717, 1.165) is 15.2 Å². The summed E-state index contributed by atoms with van der Waals surface area (Å²) in [5.74, 6) is 0.948. The highest BCUT2D eigenvalue weighted by atomic mass is 32.2. The van der Waals surface area contributed by atoms with Gasteiger partial charge in [-0.1, -0.05) is 47.4 Å². The third-order valence-electron chi connectivity index (χ3n) is 3.06. The topological polar surface area (TPSA) is 41.1 Å². The molecule has 0 saturated carbocycles. The molecule has 1 aromatic carbocycles. The first-order valence-electron chi connectivity index (χ1n) is 6.48. The van der Waals surface area contributed by atoms with E-state index in [2.05, 4.69) is 46.7 Å². The Morgan fingerprint density at radius 3 is 2.65 bits per heavy atom. The highest BCUT2D eigenvalue weighted by Crippen LogP contribution is 2.30. The Labute approximate surface area is 128 Å². The molecule has 0 aliphatic heterocycles. The summed E-state index contributed by atoms with van der Waals surface area (Å²) in [6.07, 6.45) is 0. The normalized spacial score (nSPS) is 12.4. The van der Waals surface area contributed by atoms with E-state index in [9.17, 15) is 0 Å². The lowest BCUT2D eigenvalue weighted by Crippen LogP contribution is -2.19. The van der Waals surface area contributed by atoms with Crippen LogP contribution in [0.5, 0.6) is 0 Å². The number of thioether (sulfide) groups is 1. The fraction of sp³-hybridized carbons (Fsp3) is 0.429. The molecule has 0 radical (unpaired) electrons. The van der Waals surface area contributed by atoms with Crippen molar-refractivity contribution in [3.8, 4) is 0 Å². The molecule has 0 bridgehead atoms. The number of nitrogens with zero attached hydrogens (tertiary/aromatic N) is 3.